The number of benzene rings is 1. The van der Waals surface area contributed by atoms with Gasteiger partial charge in [0.05, 0.1) is 6.54 Å². The number of carboxylic acid groups (broad SMARTS) is 1. The first kappa shape index (κ1) is 17.5. The lowest BCUT2D eigenvalue weighted by atomic mass is 10.0. The number of carbonyl (C=O) groups is 2. The van der Waals surface area contributed by atoms with Crippen molar-refractivity contribution < 1.29 is 19.4 Å². The number of nitrogens with one attached hydrogen (secondary N) is 1. The fourth-order valence-electron chi connectivity index (χ4n) is 2.19. The van der Waals surface area contributed by atoms with Crippen molar-refractivity contribution in [3.8, 4) is 5.75 Å². The van der Waals surface area contributed by atoms with Gasteiger partial charge < -0.3 is 15.2 Å². The van der Waals surface area contributed by atoms with Gasteiger partial charge in [0.1, 0.15) is 23.7 Å². The lowest BCUT2D eigenvalue weighted by Crippen LogP contribution is -2.29. The number of ether oxygens (including phenoxy) is 1. The zero-order valence-electron chi connectivity index (χ0n) is 13.7. The first-order valence-electron chi connectivity index (χ1n) is 7.69. The molecule has 24 heavy (non-hydrogen) atoms. The Morgan fingerprint density at radius 1 is 1.12 bits per heavy atom. The van der Waals surface area contributed by atoms with Gasteiger partial charge in [0.25, 0.3) is 5.91 Å². The Morgan fingerprint density at radius 3 is 2.54 bits per heavy atom. The van der Waals surface area contributed by atoms with Gasteiger partial charge in [0.2, 0.25) is 0 Å². The minimum Gasteiger partial charge on any atom is -0.491 e. The molecule has 0 atom stereocenters. The van der Waals surface area contributed by atoms with Crippen molar-refractivity contribution in [3.63, 3.8) is 0 Å². The Bertz CT molecular complexity index is 728. The highest BCUT2D eigenvalue weighted by molar-refractivity contribution is 5.94. The summed E-state index contributed by atoms with van der Waals surface area (Å²) in [5.74, 6) is -0.455. The van der Waals surface area contributed by atoms with Gasteiger partial charge >= 0.3 is 5.97 Å². The molecule has 2 N–H and O–H groups in total. The van der Waals surface area contributed by atoms with E-state index in [0.29, 0.717) is 19.1 Å². The van der Waals surface area contributed by atoms with E-state index in [2.05, 4.69) is 24.1 Å². The van der Waals surface area contributed by atoms with Crippen LogP contribution in [0.5, 0.6) is 5.75 Å². The van der Waals surface area contributed by atoms with Crippen LogP contribution in [0.3, 0.4) is 0 Å². The number of hydrogen-bond donors (Lipinski definition) is 2. The second-order valence-electron chi connectivity index (χ2n) is 5.51. The van der Waals surface area contributed by atoms with Crippen molar-refractivity contribution in [1.82, 2.24) is 10.3 Å². The first-order valence-corrected chi connectivity index (χ1v) is 7.69. The minimum atomic E-state index is -1.17. The number of rotatable bonds is 7. The summed E-state index contributed by atoms with van der Waals surface area (Å²) in [4.78, 5) is 26.6. The molecule has 0 aliphatic carbocycles. The van der Waals surface area contributed by atoms with Crippen LogP contribution in [0.2, 0.25) is 0 Å². The minimum absolute atomic E-state index is 0.0671. The average molecular weight is 328 g/mol. The standard InChI is InChI=1S/C18H20N2O4/c1-12(2)13-6-3-4-9-16(13)24-11-10-19-17(21)14-7-5-8-15(20-14)18(22)23/h3-9,12H,10-11H2,1-2H3,(H,19,21)(H,22,23). The van der Waals surface area contributed by atoms with Crippen LogP contribution in [0.15, 0.2) is 42.5 Å². The van der Waals surface area contributed by atoms with E-state index >= 15 is 0 Å². The number of amides is 1. The highest BCUT2D eigenvalue weighted by atomic mass is 16.5. The van der Waals surface area contributed by atoms with Gasteiger partial charge in [-0.2, -0.15) is 0 Å². The van der Waals surface area contributed by atoms with Crippen molar-refractivity contribution in [3.05, 3.63) is 59.4 Å². The number of nitrogens with zero attached hydrogens (tertiary/aromatic N) is 1. The van der Waals surface area contributed by atoms with Crippen molar-refractivity contribution in [2.45, 2.75) is 19.8 Å². The summed E-state index contributed by atoms with van der Waals surface area (Å²) in [5, 5.41) is 11.6. The van der Waals surface area contributed by atoms with Gasteiger partial charge in [-0.3, -0.25) is 4.79 Å². The Balaban J connectivity index is 1.88. The molecule has 126 valence electrons. The molecule has 6 nitrogen and oxygen atoms in total. The molecule has 1 aromatic carbocycles. The molecular formula is C18H20N2O4. The maximum atomic E-state index is 12.0. The van der Waals surface area contributed by atoms with E-state index in [0.717, 1.165) is 11.3 Å². The van der Waals surface area contributed by atoms with E-state index in [1.54, 1.807) is 0 Å². The summed E-state index contributed by atoms with van der Waals surface area (Å²) < 4.78 is 5.72. The molecule has 0 saturated carbocycles. The number of carboxylic acids is 1. The van der Waals surface area contributed by atoms with Crippen molar-refractivity contribution in [2.75, 3.05) is 13.2 Å². The van der Waals surface area contributed by atoms with Gasteiger partial charge in [0, 0.05) is 0 Å². The van der Waals surface area contributed by atoms with Crippen LogP contribution in [-0.2, 0) is 0 Å². The lowest BCUT2D eigenvalue weighted by molar-refractivity contribution is 0.0690. The van der Waals surface area contributed by atoms with Crippen LogP contribution in [0.1, 0.15) is 46.3 Å². The fraction of sp³-hybridized carbons (Fsp3) is 0.278. The third-order valence-corrected chi connectivity index (χ3v) is 3.39. The Hall–Kier alpha value is -2.89. The summed E-state index contributed by atoms with van der Waals surface area (Å²) in [6.07, 6.45) is 0. The van der Waals surface area contributed by atoms with Gasteiger partial charge in [-0.25, -0.2) is 9.78 Å². The number of para-hydroxylation sites is 1. The van der Waals surface area contributed by atoms with E-state index < -0.39 is 11.9 Å². The quantitative estimate of drug-likeness (QED) is 0.763. The highest BCUT2D eigenvalue weighted by Gasteiger charge is 2.11. The number of hydrogen-bond acceptors (Lipinski definition) is 4. The molecule has 0 aliphatic heterocycles. The summed E-state index contributed by atoms with van der Waals surface area (Å²) in [7, 11) is 0. The van der Waals surface area contributed by atoms with Crippen LogP contribution in [0.25, 0.3) is 0 Å². The molecule has 6 heteroatoms. The largest absolute Gasteiger partial charge is 0.491 e. The summed E-state index contributed by atoms with van der Waals surface area (Å²) in [6, 6.07) is 12.1. The average Bonchev–Trinajstić information content (AvgIpc) is 2.58. The molecule has 1 amide bonds. The van der Waals surface area contributed by atoms with Gasteiger partial charge in [-0.05, 0) is 29.7 Å². The van der Waals surface area contributed by atoms with Crippen molar-refractivity contribution in [1.29, 1.82) is 0 Å². The van der Waals surface area contributed by atoms with Crippen molar-refractivity contribution >= 4 is 11.9 Å². The van der Waals surface area contributed by atoms with E-state index in [4.69, 9.17) is 9.84 Å². The van der Waals surface area contributed by atoms with Gasteiger partial charge in [0.15, 0.2) is 0 Å². The molecule has 0 aliphatic rings. The molecule has 0 radical (unpaired) electrons. The topological polar surface area (TPSA) is 88.5 Å². The maximum absolute atomic E-state index is 12.0. The number of aromatic nitrogens is 1. The van der Waals surface area contributed by atoms with Gasteiger partial charge in [-0.15, -0.1) is 0 Å². The van der Waals surface area contributed by atoms with E-state index in [-0.39, 0.29) is 11.4 Å². The molecule has 0 spiro atoms. The van der Waals surface area contributed by atoms with Crippen LogP contribution in [0, 0.1) is 0 Å². The molecule has 0 fully saturated rings. The van der Waals surface area contributed by atoms with Crippen LogP contribution in [-0.4, -0.2) is 35.1 Å². The number of pyridine rings is 1. The second kappa shape index (κ2) is 8.10. The summed E-state index contributed by atoms with van der Waals surface area (Å²) in [6.45, 7) is 4.79. The molecule has 1 aromatic heterocycles. The number of aromatic carboxylic acids is 1. The van der Waals surface area contributed by atoms with Crippen LogP contribution in [0.4, 0.5) is 0 Å². The third kappa shape index (κ3) is 4.55. The van der Waals surface area contributed by atoms with Gasteiger partial charge in [-0.1, -0.05) is 38.1 Å². The predicted octanol–water partition coefficient (Wildman–Crippen LogP) is 2.71. The molecule has 0 bridgehead atoms. The monoisotopic (exact) mass is 328 g/mol. The lowest BCUT2D eigenvalue weighted by Gasteiger charge is -2.14. The summed E-state index contributed by atoms with van der Waals surface area (Å²) in [5.41, 5.74) is 1.02. The van der Waals surface area contributed by atoms with E-state index in [1.165, 1.54) is 18.2 Å². The smallest absolute Gasteiger partial charge is 0.354 e. The highest BCUT2D eigenvalue weighted by Crippen LogP contribution is 2.25. The zero-order chi connectivity index (χ0) is 17.5. The van der Waals surface area contributed by atoms with Crippen molar-refractivity contribution in [2.24, 2.45) is 0 Å². The molecule has 0 saturated heterocycles. The Labute approximate surface area is 140 Å². The molecule has 0 unspecified atom stereocenters. The third-order valence-electron chi connectivity index (χ3n) is 3.39. The second-order valence-corrected chi connectivity index (χ2v) is 5.51. The first-order chi connectivity index (χ1) is 11.5. The molecule has 1 heterocycles. The predicted molar refractivity (Wildman–Crippen MR) is 89.6 cm³/mol. The maximum Gasteiger partial charge on any atom is 0.354 e. The molecule has 2 aromatic rings. The zero-order valence-corrected chi connectivity index (χ0v) is 13.7. The Kier molecular flexibility index (Phi) is 5.89. The normalized spacial score (nSPS) is 10.5. The van der Waals surface area contributed by atoms with Crippen LogP contribution >= 0.6 is 0 Å². The van der Waals surface area contributed by atoms with E-state index in [1.807, 2.05) is 24.3 Å². The van der Waals surface area contributed by atoms with Crippen LogP contribution < -0.4 is 10.1 Å². The number of carbonyl (C=O) groups excluding carboxylic acids is 1. The Morgan fingerprint density at radius 2 is 1.83 bits per heavy atom. The SMILES string of the molecule is CC(C)c1ccccc1OCCNC(=O)c1cccc(C(=O)O)n1. The summed E-state index contributed by atoms with van der Waals surface area (Å²) >= 11 is 0. The van der Waals surface area contributed by atoms with E-state index in [9.17, 15) is 9.59 Å². The molecule has 2 rings (SSSR count). The molecular weight excluding hydrogens is 308 g/mol. The fourth-order valence-corrected chi connectivity index (χ4v) is 2.19.